The number of hydrogen-bond donors (Lipinski definition) is 2. The number of aliphatic hydroxyl groups is 1. The molecule has 2 heteroatoms. The largest absolute Gasteiger partial charge is 0.393 e. The van der Waals surface area contributed by atoms with Gasteiger partial charge in [0.1, 0.15) is 0 Å². The highest BCUT2D eigenvalue weighted by Crippen LogP contribution is 2.04. The summed E-state index contributed by atoms with van der Waals surface area (Å²) in [7, 11) is 0. The molecule has 0 aromatic rings. The maximum atomic E-state index is 8.72. The lowest BCUT2D eigenvalue weighted by molar-refractivity contribution is 0.184. The van der Waals surface area contributed by atoms with Crippen molar-refractivity contribution in [1.82, 2.24) is 5.32 Å². The number of hydrogen-bond acceptors (Lipinski definition) is 2. The second kappa shape index (κ2) is 1.80. The SMILES string of the molecule is CC(O)CC1CN1. The van der Waals surface area contributed by atoms with Crippen molar-refractivity contribution in [1.29, 1.82) is 0 Å². The summed E-state index contributed by atoms with van der Waals surface area (Å²) in [4.78, 5) is 0. The molecule has 1 rings (SSSR count). The van der Waals surface area contributed by atoms with Gasteiger partial charge in [-0.3, -0.25) is 0 Å². The van der Waals surface area contributed by atoms with Crippen LogP contribution >= 0.6 is 0 Å². The maximum absolute atomic E-state index is 8.72. The molecular weight excluding hydrogens is 90.1 g/mol. The van der Waals surface area contributed by atoms with Gasteiger partial charge in [0.15, 0.2) is 0 Å². The van der Waals surface area contributed by atoms with Crippen molar-refractivity contribution in [3.05, 3.63) is 0 Å². The van der Waals surface area contributed by atoms with Gasteiger partial charge in [-0.1, -0.05) is 0 Å². The zero-order valence-corrected chi connectivity index (χ0v) is 4.52. The molecule has 7 heavy (non-hydrogen) atoms. The Balaban J connectivity index is 1.97. The number of rotatable bonds is 2. The molecule has 1 fully saturated rings. The van der Waals surface area contributed by atoms with Gasteiger partial charge >= 0.3 is 0 Å². The van der Waals surface area contributed by atoms with E-state index in [1.807, 2.05) is 6.92 Å². The predicted molar refractivity (Wildman–Crippen MR) is 28.1 cm³/mol. The minimum atomic E-state index is -0.125. The molecule has 0 amide bonds. The highest BCUT2D eigenvalue weighted by atomic mass is 16.3. The van der Waals surface area contributed by atoms with Crippen molar-refractivity contribution in [2.24, 2.45) is 0 Å². The zero-order valence-electron chi connectivity index (χ0n) is 4.52. The van der Waals surface area contributed by atoms with Gasteiger partial charge in [-0.2, -0.15) is 0 Å². The molecule has 1 saturated heterocycles. The van der Waals surface area contributed by atoms with Gasteiger partial charge in [0.2, 0.25) is 0 Å². The number of nitrogens with one attached hydrogen (secondary N) is 1. The molecule has 0 bridgehead atoms. The van der Waals surface area contributed by atoms with Gasteiger partial charge < -0.3 is 10.4 Å². The van der Waals surface area contributed by atoms with E-state index in [4.69, 9.17) is 5.11 Å². The van der Waals surface area contributed by atoms with Crippen LogP contribution in [0.25, 0.3) is 0 Å². The van der Waals surface area contributed by atoms with E-state index < -0.39 is 0 Å². The zero-order chi connectivity index (χ0) is 5.28. The van der Waals surface area contributed by atoms with E-state index in [2.05, 4.69) is 5.32 Å². The molecule has 0 aromatic carbocycles. The summed E-state index contributed by atoms with van der Waals surface area (Å²) in [6, 6.07) is 0.625. The quantitative estimate of drug-likeness (QED) is 0.470. The fourth-order valence-corrected chi connectivity index (χ4v) is 0.662. The summed E-state index contributed by atoms with van der Waals surface area (Å²) in [5.74, 6) is 0. The summed E-state index contributed by atoms with van der Waals surface area (Å²) < 4.78 is 0. The molecular formula is C5H11NO. The van der Waals surface area contributed by atoms with Gasteiger partial charge in [0, 0.05) is 12.6 Å². The maximum Gasteiger partial charge on any atom is 0.0527 e. The molecule has 0 aromatic heterocycles. The van der Waals surface area contributed by atoms with Crippen LogP contribution in [-0.2, 0) is 0 Å². The molecule has 2 unspecified atom stereocenters. The van der Waals surface area contributed by atoms with Crippen molar-refractivity contribution >= 4 is 0 Å². The standard InChI is InChI=1S/C5H11NO/c1-4(7)2-5-3-6-5/h4-7H,2-3H2,1H3. The van der Waals surface area contributed by atoms with Crippen LogP contribution in [0.15, 0.2) is 0 Å². The van der Waals surface area contributed by atoms with E-state index in [1.54, 1.807) is 0 Å². The highest BCUT2D eigenvalue weighted by Gasteiger charge is 2.20. The third kappa shape index (κ3) is 1.90. The fraction of sp³-hybridized carbons (Fsp3) is 1.00. The molecule has 0 radical (unpaired) electrons. The van der Waals surface area contributed by atoms with E-state index >= 15 is 0 Å². The monoisotopic (exact) mass is 101 g/mol. The van der Waals surface area contributed by atoms with E-state index in [0.29, 0.717) is 6.04 Å². The summed E-state index contributed by atoms with van der Waals surface area (Å²) >= 11 is 0. The molecule has 2 nitrogen and oxygen atoms in total. The van der Waals surface area contributed by atoms with Crippen LogP contribution < -0.4 is 5.32 Å². The van der Waals surface area contributed by atoms with Crippen molar-refractivity contribution in [3.63, 3.8) is 0 Å². The average Bonchev–Trinajstić information content (AvgIpc) is 2.17. The Bertz CT molecular complexity index is 59.1. The second-order valence-corrected chi connectivity index (χ2v) is 2.19. The first kappa shape index (κ1) is 5.06. The molecule has 42 valence electrons. The smallest absolute Gasteiger partial charge is 0.0527 e. The van der Waals surface area contributed by atoms with E-state index in [9.17, 15) is 0 Å². The Labute approximate surface area is 43.5 Å². The summed E-state index contributed by atoms with van der Waals surface area (Å²) in [5.41, 5.74) is 0. The molecule has 0 spiro atoms. The summed E-state index contributed by atoms with van der Waals surface area (Å²) in [5, 5.41) is 11.8. The Kier molecular flexibility index (Phi) is 1.30. The van der Waals surface area contributed by atoms with E-state index in [-0.39, 0.29) is 6.10 Å². The van der Waals surface area contributed by atoms with Crippen LogP contribution in [0.2, 0.25) is 0 Å². The van der Waals surface area contributed by atoms with Crippen LogP contribution in [0.1, 0.15) is 13.3 Å². The number of aliphatic hydroxyl groups excluding tert-OH is 1. The molecule has 1 heterocycles. The first-order valence-corrected chi connectivity index (χ1v) is 2.70. The van der Waals surface area contributed by atoms with Crippen molar-refractivity contribution in [2.75, 3.05) is 6.54 Å². The Morgan fingerprint density at radius 1 is 2.00 bits per heavy atom. The van der Waals surface area contributed by atoms with Gasteiger partial charge in [-0.05, 0) is 13.3 Å². The average molecular weight is 101 g/mol. The normalized spacial score (nSPS) is 32.6. The Morgan fingerprint density at radius 3 is 2.71 bits per heavy atom. The lowest BCUT2D eigenvalue weighted by Crippen LogP contribution is -2.05. The van der Waals surface area contributed by atoms with Crippen LogP contribution in [0.4, 0.5) is 0 Å². The second-order valence-electron chi connectivity index (χ2n) is 2.19. The summed E-state index contributed by atoms with van der Waals surface area (Å²) in [6.45, 7) is 2.92. The van der Waals surface area contributed by atoms with Gasteiger partial charge in [-0.15, -0.1) is 0 Å². The first-order valence-electron chi connectivity index (χ1n) is 2.70. The van der Waals surface area contributed by atoms with Crippen LogP contribution in [0.5, 0.6) is 0 Å². The third-order valence-corrected chi connectivity index (χ3v) is 1.12. The minimum Gasteiger partial charge on any atom is -0.393 e. The van der Waals surface area contributed by atoms with Crippen LogP contribution in [-0.4, -0.2) is 23.8 Å². The first-order chi connectivity index (χ1) is 3.29. The molecule has 0 aliphatic carbocycles. The van der Waals surface area contributed by atoms with Crippen molar-refractivity contribution in [3.8, 4) is 0 Å². The fourth-order valence-electron chi connectivity index (χ4n) is 0.662. The van der Waals surface area contributed by atoms with Gasteiger partial charge in [-0.25, -0.2) is 0 Å². The molecule has 2 atom stereocenters. The summed E-state index contributed by atoms with van der Waals surface area (Å²) in [6.07, 6.45) is 0.792. The topological polar surface area (TPSA) is 42.2 Å². The molecule has 0 saturated carbocycles. The van der Waals surface area contributed by atoms with Crippen molar-refractivity contribution < 1.29 is 5.11 Å². The van der Waals surface area contributed by atoms with Gasteiger partial charge in [0.05, 0.1) is 6.10 Å². The highest BCUT2D eigenvalue weighted by molar-refractivity contribution is 4.83. The molecule has 2 N–H and O–H groups in total. The molecule has 1 aliphatic heterocycles. The van der Waals surface area contributed by atoms with Crippen LogP contribution in [0.3, 0.4) is 0 Å². The lowest BCUT2D eigenvalue weighted by Gasteiger charge is -1.96. The van der Waals surface area contributed by atoms with Gasteiger partial charge in [0.25, 0.3) is 0 Å². The van der Waals surface area contributed by atoms with E-state index in [1.165, 1.54) is 0 Å². The predicted octanol–water partition coefficient (Wildman–Crippen LogP) is -0.271. The lowest BCUT2D eigenvalue weighted by atomic mass is 10.2. The Morgan fingerprint density at radius 2 is 2.57 bits per heavy atom. The molecule has 1 aliphatic rings. The van der Waals surface area contributed by atoms with Crippen molar-refractivity contribution in [2.45, 2.75) is 25.5 Å². The third-order valence-electron chi connectivity index (χ3n) is 1.12. The van der Waals surface area contributed by atoms with E-state index in [0.717, 1.165) is 13.0 Å². The minimum absolute atomic E-state index is 0.125. The Hall–Kier alpha value is -0.0800. The van der Waals surface area contributed by atoms with Crippen LogP contribution in [0, 0.1) is 0 Å².